The smallest absolute Gasteiger partial charge is 0.403 e. The Morgan fingerprint density at radius 2 is 1.72 bits per heavy atom. The number of benzene rings is 1. The average molecular weight is 528 g/mol. The van der Waals surface area contributed by atoms with E-state index < -0.39 is 12.2 Å². The van der Waals surface area contributed by atoms with Crippen molar-refractivity contribution in [1.82, 2.24) is 15.1 Å². The number of nitrogens with zero attached hydrogens (tertiary/aromatic N) is 3. The lowest BCUT2D eigenvalue weighted by Gasteiger charge is -2.39. The zero-order chi connectivity index (χ0) is 20.7. The molecule has 0 aliphatic carbocycles. The molecule has 2 unspecified atom stereocenters. The number of piperazine rings is 1. The minimum Gasteiger partial charge on any atom is -0.497 e. The third-order valence-corrected chi connectivity index (χ3v) is 5.39. The van der Waals surface area contributed by atoms with Gasteiger partial charge in [0.15, 0.2) is 5.96 Å². The van der Waals surface area contributed by atoms with Crippen molar-refractivity contribution in [2.45, 2.75) is 38.4 Å². The van der Waals surface area contributed by atoms with Gasteiger partial charge in [-0.3, -0.25) is 9.89 Å². The Morgan fingerprint density at radius 1 is 1.14 bits per heavy atom. The Hall–Kier alpha value is -1.23. The molecule has 1 aromatic rings. The van der Waals surface area contributed by atoms with E-state index in [0.717, 1.165) is 24.7 Å². The first-order valence-electron chi connectivity index (χ1n) is 9.66. The number of aliphatic imine (C=N–C) groups is 1. The molecular formula is C20H32F3IN4O. The highest BCUT2D eigenvalue weighted by Crippen LogP contribution is 2.25. The van der Waals surface area contributed by atoms with Crippen molar-refractivity contribution >= 4 is 29.9 Å². The van der Waals surface area contributed by atoms with Crippen molar-refractivity contribution in [3.8, 4) is 5.75 Å². The number of hydrogen-bond acceptors (Lipinski definition) is 3. The average Bonchev–Trinajstić information content (AvgIpc) is 2.70. The van der Waals surface area contributed by atoms with E-state index in [0.29, 0.717) is 32.1 Å². The maximum Gasteiger partial charge on any atom is 0.403 e. The molecule has 5 nitrogen and oxygen atoms in total. The fraction of sp³-hybridized carbons (Fsp3) is 0.650. The van der Waals surface area contributed by atoms with Crippen molar-refractivity contribution in [1.29, 1.82) is 0 Å². The molecule has 2 atom stereocenters. The molecule has 1 fully saturated rings. The van der Waals surface area contributed by atoms with E-state index in [1.807, 2.05) is 17.0 Å². The van der Waals surface area contributed by atoms with Crippen molar-refractivity contribution in [2.24, 2.45) is 4.99 Å². The van der Waals surface area contributed by atoms with Crippen LogP contribution in [0.15, 0.2) is 29.3 Å². The molecule has 0 amide bonds. The molecule has 1 N–H and O–H groups in total. The molecule has 1 aromatic carbocycles. The first-order chi connectivity index (χ1) is 13.3. The molecule has 0 spiro atoms. The maximum atomic E-state index is 12.9. The number of guanidine groups is 1. The predicted octanol–water partition coefficient (Wildman–Crippen LogP) is 3.95. The van der Waals surface area contributed by atoms with Gasteiger partial charge in [-0.25, -0.2) is 0 Å². The largest absolute Gasteiger partial charge is 0.497 e. The van der Waals surface area contributed by atoms with Gasteiger partial charge in [-0.2, -0.15) is 13.2 Å². The molecule has 0 saturated carbocycles. The zero-order valence-corrected chi connectivity index (χ0v) is 19.8. The molecule has 2 rings (SSSR count). The van der Waals surface area contributed by atoms with Crippen molar-refractivity contribution < 1.29 is 17.9 Å². The van der Waals surface area contributed by atoms with Crippen LogP contribution in [-0.4, -0.2) is 74.9 Å². The second kappa shape index (κ2) is 11.8. The Bertz CT molecular complexity index is 632. The van der Waals surface area contributed by atoms with Crippen LogP contribution in [0.2, 0.25) is 0 Å². The highest BCUT2D eigenvalue weighted by atomic mass is 127. The van der Waals surface area contributed by atoms with Crippen molar-refractivity contribution in [3.63, 3.8) is 0 Å². The van der Waals surface area contributed by atoms with Gasteiger partial charge in [0.1, 0.15) is 11.8 Å². The molecule has 29 heavy (non-hydrogen) atoms. The number of nitrogens with one attached hydrogen (secondary N) is 1. The fourth-order valence-electron chi connectivity index (χ4n) is 3.36. The highest BCUT2D eigenvalue weighted by Gasteiger charge is 2.41. The molecule has 0 radical (unpaired) electrons. The van der Waals surface area contributed by atoms with Gasteiger partial charge in [-0.1, -0.05) is 19.1 Å². The maximum absolute atomic E-state index is 12.9. The number of halogens is 4. The van der Waals surface area contributed by atoms with Gasteiger partial charge in [0.25, 0.3) is 0 Å². The van der Waals surface area contributed by atoms with E-state index in [-0.39, 0.29) is 24.0 Å². The molecular weight excluding hydrogens is 496 g/mol. The van der Waals surface area contributed by atoms with Crippen LogP contribution in [0.25, 0.3) is 0 Å². The van der Waals surface area contributed by atoms with Gasteiger partial charge in [0, 0.05) is 39.8 Å². The lowest BCUT2D eigenvalue weighted by Crippen LogP contribution is -2.56. The third-order valence-electron chi connectivity index (χ3n) is 5.39. The lowest BCUT2D eigenvalue weighted by molar-refractivity contribution is -0.181. The summed E-state index contributed by atoms with van der Waals surface area (Å²) in [5.74, 6) is 1.97. The van der Waals surface area contributed by atoms with E-state index in [1.54, 1.807) is 14.2 Å². The zero-order valence-electron chi connectivity index (χ0n) is 17.5. The number of hydrogen-bond donors (Lipinski definition) is 1. The van der Waals surface area contributed by atoms with E-state index in [9.17, 15) is 13.2 Å². The summed E-state index contributed by atoms with van der Waals surface area (Å²) in [6.07, 6.45) is -3.25. The molecule has 1 aliphatic rings. The summed E-state index contributed by atoms with van der Waals surface area (Å²) in [6.45, 7) is 5.97. The van der Waals surface area contributed by atoms with Gasteiger partial charge in [0.05, 0.1) is 7.11 Å². The van der Waals surface area contributed by atoms with Crippen LogP contribution in [-0.2, 0) is 0 Å². The van der Waals surface area contributed by atoms with Crippen molar-refractivity contribution in [2.75, 3.05) is 46.9 Å². The van der Waals surface area contributed by atoms with Crippen molar-refractivity contribution in [3.05, 3.63) is 29.8 Å². The van der Waals surface area contributed by atoms with Crippen LogP contribution < -0.4 is 10.1 Å². The first kappa shape index (κ1) is 25.8. The molecule has 0 aromatic heterocycles. The molecule has 1 aliphatic heterocycles. The Balaban J connectivity index is 0.00000420. The minimum absolute atomic E-state index is 0. The Morgan fingerprint density at radius 3 is 2.21 bits per heavy atom. The summed E-state index contributed by atoms with van der Waals surface area (Å²) < 4.78 is 43.8. The Labute approximate surface area is 188 Å². The van der Waals surface area contributed by atoms with E-state index in [2.05, 4.69) is 29.4 Å². The number of ether oxygens (including phenoxy) is 1. The van der Waals surface area contributed by atoms with Crippen LogP contribution in [0, 0.1) is 0 Å². The fourth-order valence-corrected chi connectivity index (χ4v) is 3.36. The van der Waals surface area contributed by atoms with Crippen LogP contribution in [0.5, 0.6) is 5.75 Å². The SMILES string of the molecule is CN=C(NCCC(C)c1ccc(OC)cc1)N1CCN(C(C)C(F)(F)F)CC1.I. The van der Waals surface area contributed by atoms with E-state index >= 15 is 0 Å². The summed E-state index contributed by atoms with van der Waals surface area (Å²) in [5, 5.41) is 3.35. The lowest BCUT2D eigenvalue weighted by atomic mass is 9.98. The summed E-state index contributed by atoms with van der Waals surface area (Å²) in [4.78, 5) is 7.80. The second-order valence-corrected chi connectivity index (χ2v) is 7.18. The van der Waals surface area contributed by atoms with Crippen LogP contribution in [0.1, 0.15) is 31.7 Å². The first-order valence-corrected chi connectivity index (χ1v) is 9.66. The highest BCUT2D eigenvalue weighted by molar-refractivity contribution is 14.0. The summed E-state index contributed by atoms with van der Waals surface area (Å²) in [7, 11) is 3.36. The molecule has 1 saturated heterocycles. The van der Waals surface area contributed by atoms with Crippen LogP contribution in [0.4, 0.5) is 13.2 Å². The van der Waals surface area contributed by atoms with Gasteiger partial charge in [-0.05, 0) is 37.0 Å². The second-order valence-electron chi connectivity index (χ2n) is 7.18. The normalized spacial score (nSPS) is 18.0. The third kappa shape index (κ3) is 7.51. The van der Waals surface area contributed by atoms with Gasteiger partial charge < -0.3 is 15.0 Å². The van der Waals surface area contributed by atoms with Crippen LogP contribution in [0.3, 0.4) is 0 Å². The summed E-state index contributed by atoms with van der Waals surface area (Å²) in [6, 6.07) is 6.65. The summed E-state index contributed by atoms with van der Waals surface area (Å²) in [5.41, 5.74) is 1.24. The summed E-state index contributed by atoms with van der Waals surface area (Å²) >= 11 is 0. The van der Waals surface area contributed by atoms with Gasteiger partial charge in [0.2, 0.25) is 0 Å². The van der Waals surface area contributed by atoms with Gasteiger partial charge >= 0.3 is 6.18 Å². The number of alkyl halides is 3. The molecule has 9 heteroatoms. The molecule has 166 valence electrons. The number of methoxy groups -OCH3 is 1. The monoisotopic (exact) mass is 528 g/mol. The quantitative estimate of drug-likeness (QED) is 0.345. The van der Waals surface area contributed by atoms with Gasteiger partial charge in [-0.15, -0.1) is 24.0 Å². The van der Waals surface area contributed by atoms with E-state index in [1.165, 1.54) is 17.4 Å². The minimum atomic E-state index is -4.18. The molecule has 0 bridgehead atoms. The topological polar surface area (TPSA) is 40.1 Å². The Kier molecular flexibility index (Phi) is 10.5. The predicted molar refractivity (Wildman–Crippen MR) is 121 cm³/mol. The van der Waals surface area contributed by atoms with Crippen LogP contribution >= 0.6 is 24.0 Å². The molecule has 1 heterocycles. The van der Waals surface area contributed by atoms with E-state index in [4.69, 9.17) is 4.74 Å². The number of rotatable bonds is 6. The standard InChI is InChI=1S/C20H31F3N4O.HI/c1-15(17-5-7-18(28-4)8-6-17)9-10-25-19(24-3)27-13-11-26(12-14-27)16(2)20(21,22)23;/h5-8,15-16H,9-14H2,1-4H3,(H,24,25);1H.